The number of carbonyl (C=O) groups excluding carboxylic acids is 1. The number of hydrogen-bond acceptors (Lipinski definition) is 3. The number of aliphatic hydroxyl groups is 1. The van der Waals surface area contributed by atoms with Crippen molar-refractivity contribution in [2.45, 2.75) is 26.0 Å². The highest BCUT2D eigenvalue weighted by atomic mass is 16.3. The fourth-order valence-electron chi connectivity index (χ4n) is 1.53. The average Bonchev–Trinajstić information content (AvgIpc) is 2.27. The second kappa shape index (κ2) is 5.80. The van der Waals surface area contributed by atoms with E-state index in [9.17, 15) is 9.90 Å². The maximum atomic E-state index is 10.9. The molecule has 0 aliphatic carbocycles. The lowest BCUT2D eigenvalue weighted by atomic mass is 10.0. The molecule has 0 spiro atoms. The molecule has 4 nitrogen and oxygen atoms in total. The standard InChI is InChI=1S/C13H20N2O2/c1-9(15(3)4)13(17)11-5-7-12(8-6-11)14-10(2)16/h5-9,13,17H,1-4H3,(H,14,16). The van der Waals surface area contributed by atoms with E-state index in [2.05, 4.69) is 5.32 Å². The van der Waals surface area contributed by atoms with E-state index < -0.39 is 6.10 Å². The van der Waals surface area contributed by atoms with Crippen LogP contribution in [-0.2, 0) is 4.79 Å². The van der Waals surface area contributed by atoms with Gasteiger partial charge >= 0.3 is 0 Å². The molecule has 2 atom stereocenters. The first kappa shape index (κ1) is 13.7. The molecule has 1 aromatic carbocycles. The lowest BCUT2D eigenvalue weighted by molar-refractivity contribution is -0.114. The summed E-state index contributed by atoms with van der Waals surface area (Å²) in [4.78, 5) is 12.8. The predicted octanol–water partition coefficient (Wildman–Crippen LogP) is 1.63. The summed E-state index contributed by atoms with van der Waals surface area (Å²) in [7, 11) is 3.86. The molecule has 0 saturated heterocycles. The molecule has 1 amide bonds. The van der Waals surface area contributed by atoms with Gasteiger partial charge in [-0.05, 0) is 38.7 Å². The SMILES string of the molecule is CC(=O)Nc1ccc(C(O)C(C)N(C)C)cc1. The fourth-order valence-corrected chi connectivity index (χ4v) is 1.53. The van der Waals surface area contributed by atoms with Crippen LogP contribution in [0.3, 0.4) is 0 Å². The Hall–Kier alpha value is -1.39. The number of nitrogens with one attached hydrogen (secondary N) is 1. The smallest absolute Gasteiger partial charge is 0.221 e. The number of benzene rings is 1. The van der Waals surface area contributed by atoms with Gasteiger partial charge in [-0.2, -0.15) is 0 Å². The fraction of sp³-hybridized carbons (Fsp3) is 0.462. The number of likely N-dealkylation sites (N-methyl/N-ethyl adjacent to an activating group) is 1. The van der Waals surface area contributed by atoms with Gasteiger partial charge in [-0.3, -0.25) is 4.79 Å². The molecule has 2 N–H and O–H groups in total. The number of aliphatic hydroxyl groups excluding tert-OH is 1. The Morgan fingerprint density at radius 2 is 1.82 bits per heavy atom. The molecule has 1 aromatic rings. The third kappa shape index (κ3) is 3.84. The number of amides is 1. The number of hydrogen-bond donors (Lipinski definition) is 2. The van der Waals surface area contributed by atoms with Crippen LogP contribution in [0, 0.1) is 0 Å². The van der Waals surface area contributed by atoms with Crippen molar-refractivity contribution in [3.8, 4) is 0 Å². The summed E-state index contributed by atoms with van der Waals surface area (Å²) < 4.78 is 0. The van der Waals surface area contributed by atoms with Crippen molar-refractivity contribution in [3.63, 3.8) is 0 Å². The van der Waals surface area contributed by atoms with Crippen LogP contribution in [0.5, 0.6) is 0 Å². The van der Waals surface area contributed by atoms with Crippen molar-refractivity contribution in [2.24, 2.45) is 0 Å². The summed E-state index contributed by atoms with van der Waals surface area (Å²) in [5, 5.41) is 12.8. The Morgan fingerprint density at radius 1 is 1.29 bits per heavy atom. The molecule has 0 aliphatic heterocycles. The van der Waals surface area contributed by atoms with Gasteiger partial charge in [-0.15, -0.1) is 0 Å². The molecule has 94 valence electrons. The van der Waals surface area contributed by atoms with Gasteiger partial charge in [0.2, 0.25) is 5.91 Å². The Kier molecular flexibility index (Phi) is 4.66. The molecule has 0 aliphatic rings. The molecular weight excluding hydrogens is 216 g/mol. The summed E-state index contributed by atoms with van der Waals surface area (Å²) >= 11 is 0. The number of rotatable bonds is 4. The van der Waals surface area contributed by atoms with Crippen LogP contribution in [0.15, 0.2) is 24.3 Å². The zero-order chi connectivity index (χ0) is 13.0. The van der Waals surface area contributed by atoms with Crippen LogP contribution >= 0.6 is 0 Å². The molecule has 0 heterocycles. The van der Waals surface area contributed by atoms with Gasteiger partial charge in [0, 0.05) is 18.7 Å². The van der Waals surface area contributed by atoms with Crippen molar-refractivity contribution in [1.29, 1.82) is 0 Å². The van der Waals surface area contributed by atoms with Gasteiger partial charge < -0.3 is 15.3 Å². The van der Waals surface area contributed by atoms with E-state index in [1.54, 1.807) is 12.1 Å². The summed E-state index contributed by atoms with van der Waals surface area (Å²) in [6, 6.07) is 7.29. The first-order valence-corrected chi connectivity index (χ1v) is 5.64. The third-order valence-electron chi connectivity index (χ3n) is 2.84. The zero-order valence-electron chi connectivity index (χ0n) is 10.8. The topological polar surface area (TPSA) is 52.6 Å². The van der Waals surface area contributed by atoms with Crippen LogP contribution in [-0.4, -0.2) is 36.1 Å². The third-order valence-corrected chi connectivity index (χ3v) is 2.84. The van der Waals surface area contributed by atoms with Gasteiger partial charge in [-0.25, -0.2) is 0 Å². The monoisotopic (exact) mass is 236 g/mol. The first-order chi connectivity index (χ1) is 7.91. The van der Waals surface area contributed by atoms with Crippen molar-refractivity contribution >= 4 is 11.6 Å². The lowest BCUT2D eigenvalue weighted by Crippen LogP contribution is -2.30. The zero-order valence-corrected chi connectivity index (χ0v) is 10.8. The minimum atomic E-state index is -0.531. The Labute approximate surface area is 102 Å². The maximum Gasteiger partial charge on any atom is 0.221 e. The van der Waals surface area contributed by atoms with Crippen LogP contribution in [0.4, 0.5) is 5.69 Å². The van der Waals surface area contributed by atoms with Crippen LogP contribution in [0.2, 0.25) is 0 Å². The molecule has 0 bridgehead atoms. The molecule has 0 radical (unpaired) electrons. The maximum absolute atomic E-state index is 10.9. The average molecular weight is 236 g/mol. The van der Waals surface area contributed by atoms with Gasteiger partial charge in [0.25, 0.3) is 0 Å². The van der Waals surface area contributed by atoms with Gasteiger partial charge in [0.1, 0.15) is 0 Å². The van der Waals surface area contributed by atoms with E-state index in [0.29, 0.717) is 0 Å². The summed E-state index contributed by atoms with van der Waals surface area (Å²) in [5.74, 6) is -0.0973. The molecule has 1 rings (SSSR count). The quantitative estimate of drug-likeness (QED) is 0.835. The van der Waals surface area contributed by atoms with Crippen LogP contribution in [0.1, 0.15) is 25.5 Å². The minimum Gasteiger partial charge on any atom is -0.387 e. The predicted molar refractivity (Wildman–Crippen MR) is 68.9 cm³/mol. The largest absolute Gasteiger partial charge is 0.387 e. The number of nitrogens with zero attached hydrogens (tertiary/aromatic N) is 1. The normalized spacial score (nSPS) is 14.5. The molecule has 4 heteroatoms. The van der Waals surface area contributed by atoms with Gasteiger partial charge in [0.15, 0.2) is 0 Å². The van der Waals surface area contributed by atoms with Crippen LogP contribution in [0.25, 0.3) is 0 Å². The lowest BCUT2D eigenvalue weighted by Gasteiger charge is -2.25. The van der Waals surface area contributed by atoms with Crippen molar-refractivity contribution in [2.75, 3.05) is 19.4 Å². The second-order valence-corrected chi connectivity index (χ2v) is 4.45. The second-order valence-electron chi connectivity index (χ2n) is 4.45. The molecule has 2 unspecified atom stereocenters. The summed E-state index contributed by atoms with van der Waals surface area (Å²) in [6.07, 6.45) is -0.531. The molecule has 0 fully saturated rings. The first-order valence-electron chi connectivity index (χ1n) is 5.64. The highest BCUT2D eigenvalue weighted by Gasteiger charge is 2.17. The van der Waals surface area contributed by atoms with Gasteiger partial charge in [-0.1, -0.05) is 12.1 Å². The molecule has 17 heavy (non-hydrogen) atoms. The van der Waals surface area contributed by atoms with E-state index in [1.807, 2.05) is 38.1 Å². The number of anilines is 1. The minimum absolute atomic E-state index is 0.0432. The van der Waals surface area contributed by atoms with Crippen molar-refractivity contribution in [3.05, 3.63) is 29.8 Å². The Balaban J connectivity index is 2.76. The summed E-state index contributed by atoms with van der Waals surface area (Å²) in [5.41, 5.74) is 1.59. The number of carbonyl (C=O) groups is 1. The summed E-state index contributed by atoms with van der Waals surface area (Å²) in [6.45, 7) is 3.43. The molecule has 0 aromatic heterocycles. The Bertz CT molecular complexity index is 374. The highest BCUT2D eigenvalue weighted by molar-refractivity contribution is 5.88. The van der Waals surface area contributed by atoms with Gasteiger partial charge in [0.05, 0.1) is 6.10 Å². The highest BCUT2D eigenvalue weighted by Crippen LogP contribution is 2.21. The van der Waals surface area contributed by atoms with Crippen LogP contribution < -0.4 is 5.32 Å². The van der Waals surface area contributed by atoms with E-state index in [-0.39, 0.29) is 11.9 Å². The van der Waals surface area contributed by atoms with E-state index >= 15 is 0 Å². The Morgan fingerprint density at radius 3 is 2.24 bits per heavy atom. The van der Waals surface area contributed by atoms with Crippen molar-refractivity contribution in [1.82, 2.24) is 4.90 Å². The molecular formula is C13H20N2O2. The van der Waals surface area contributed by atoms with E-state index in [1.165, 1.54) is 6.92 Å². The van der Waals surface area contributed by atoms with E-state index in [0.717, 1.165) is 11.3 Å². The molecule has 0 saturated carbocycles. The van der Waals surface area contributed by atoms with E-state index in [4.69, 9.17) is 0 Å². The van der Waals surface area contributed by atoms with Crippen molar-refractivity contribution < 1.29 is 9.90 Å².